The quantitative estimate of drug-likeness (QED) is 0.774. The lowest BCUT2D eigenvalue weighted by molar-refractivity contribution is -0.168. The molecule has 2 amide bonds. The molecule has 2 heterocycles. The van der Waals surface area contributed by atoms with Crippen LogP contribution in [-0.4, -0.2) is 47.1 Å². The summed E-state index contributed by atoms with van der Waals surface area (Å²) in [4.78, 5) is 30.8. The molecule has 20 heavy (non-hydrogen) atoms. The van der Waals surface area contributed by atoms with Crippen LogP contribution in [0.2, 0.25) is 0 Å². The third-order valence-electron chi connectivity index (χ3n) is 3.84. The van der Waals surface area contributed by atoms with Gasteiger partial charge in [0.15, 0.2) is 6.10 Å². The van der Waals surface area contributed by atoms with Crippen LogP contribution in [0.15, 0.2) is 22.7 Å². The molecule has 7 heteroatoms. The van der Waals surface area contributed by atoms with Crippen LogP contribution in [0.25, 0.3) is 0 Å². The molecule has 3 rings (SSSR count). The fourth-order valence-corrected chi connectivity index (χ4v) is 3.22. The first-order valence-electron chi connectivity index (χ1n) is 6.11. The monoisotopic (exact) mass is 340 g/mol. The molecule has 0 saturated carbocycles. The Morgan fingerprint density at radius 3 is 2.65 bits per heavy atom. The standard InChI is InChI=1S/C13H13BrN2O4/c1-15-12(18)9-10(16(2)20-11(9)13(15)19)7-5-6(14)3-4-8(7)17/h3-5,9-11,17H,1-2H3/t9-,10+,11+/m0/s1. The van der Waals surface area contributed by atoms with Crippen molar-refractivity contribution in [1.29, 1.82) is 0 Å². The van der Waals surface area contributed by atoms with E-state index >= 15 is 0 Å². The van der Waals surface area contributed by atoms with E-state index in [9.17, 15) is 14.7 Å². The fourth-order valence-electron chi connectivity index (χ4n) is 2.84. The van der Waals surface area contributed by atoms with Crippen LogP contribution < -0.4 is 0 Å². The number of halogens is 1. The van der Waals surface area contributed by atoms with Gasteiger partial charge in [-0.2, -0.15) is 5.06 Å². The number of aromatic hydroxyl groups is 1. The normalized spacial score (nSPS) is 30.1. The third kappa shape index (κ3) is 1.77. The molecule has 3 atom stereocenters. The molecule has 2 saturated heterocycles. The van der Waals surface area contributed by atoms with Crippen molar-refractivity contribution in [2.45, 2.75) is 12.1 Å². The maximum absolute atomic E-state index is 12.2. The molecule has 1 aromatic rings. The second-order valence-corrected chi connectivity index (χ2v) is 5.90. The summed E-state index contributed by atoms with van der Waals surface area (Å²) < 4.78 is 0.785. The van der Waals surface area contributed by atoms with E-state index in [4.69, 9.17) is 4.84 Å². The van der Waals surface area contributed by atoms with E-state index in [0.717, 1.165) is 9.37 Å². The molecule has 0 spiro atoms. The van der Waals surface area contributed by atoms with Crippen molar-refractivity contribution in [3.63, 3.8) is 0 Å². The van der Waals surface area contributed by atoms with Crippen molar-refractivity contribution >= 4 is 27.7 Å². The molecule has 0 unspecified atom stereocenters. The Kier molecular flexibility index (Phi) is 3.07. The second-order valence-electron chi connectivity index (χ2n) is 4.98. The van der Waals surface area contributed by atoms with Crippen LogP contribution in [0, 0.1) is 5.92 Å². The Labute approximate surface area is 124 Å². The minimum absolute atomic E-state index is 0.0732. The van der Waals surface area contributed by atoms with E-state index in [2.05, 4.69) is 15.9 Å². The molecule has 1 N–H and O–H groups in total. The smallest absolute Gasteiger partial charge is 0.261 e. The van der Waals surface area contributed by atoms with Crippen molar-refractivity contribution in [2.75, 3.05) is 14.1 Å². The van der Waals surface area contributed by atoms with Crippen LogP contribution in [0.1, 0.15) is 11.6 Å². The average molecular weight is 341 g/mol. The number of likely N-dealkylation sites (tertiary alicyclic amines) is 1. The van der Waals surface area contributed by atoms with Gasteiger partial charge in [-0.25, -0.2) is 0 Å². The maximum Gasteiger partial charge on any atom is 0.261 e. The van der Waals surface area contributed by atoms with Crippen molar-refractivity contribution in [3.05, 3.63) is 28.2 Å². The number of carbonyl (C=O) groups excluding carboxylic acids is 2. The molecule has 106 valence electrons. The number of hydroxylamine groups is 2. The number of hydrogen-bond donors (Lipinski definition) is 1. The zero-order chi connectivity index (χ0) is 14.6. The van der Waals surface area contributed by atoms with Gasteiger partial charge in [-0.05, 0) is 18.2 Å². The Hall–Kier alpha value is -1.44. The van der Waals surface area contributed by atoms with Gasteiger partial charge in [0.25, 0.3) is 5.91 Å². The number of amides is 2. The van der Waals surface area contributed by atoms with Gasteiger partial charge in [0.05, 0.1) is 12.0 Å². The van der Waals surface area contributed by atoms with Crippen LogP contribution in [0.5, 0.6) is 5.75 Å². The summed E-state index contributed by atoms with van der Waals surface area (Å²) >= 11 is 3.34. The van der Waals surface area contributed by atoms with Gasteiger partial charge in [-0.1, -0.05) is 15.9 Å². The number of likely N-dealkylation sites (N-methyl/N-ethyl adjacent to an activating group) is 1. The minimum Gasteiger partial charge on any atom is -0.508 e. The van der Waals surface area contributed by atoms with Gasteiger partial charge in [-0.15, -0.1) is 0 Å². The van der Waals surface area contributed by atoms with Crippen LogP contribution in [-0.2, 0) is 14.4 Å². The van der Waals surface area contributed by atoms with Crippen LogP contribution in [0.3, 0.4) is 0 Å². The summed E-state index contributed by atoms with van der Waals surface area (Å²) in [6.07, 6.45) is -0.805. The first kappa shape index (κ1) is 13.5. The van der Waals surface area contributed by atoms with Gasteiger partial charge >= 0.3 is 0 Å². The topological polar surface area (TPSA) is 70.1 Å². The number of carbonyl (C=O) groups is 2. The number of imide groups is 1. The first-order valence-corrected chi connectivity index (χ1v) is 6.90. The summed E-state index contributed by atoms with van der Waals surface area (Å²) in [6, 6.07) is 4.50. The summed E-state index contributed by atoms with van der Waals surface area (Å²) in [5, 5.41) is 11.5. The highest BCUT2D eigenvalue weighted by Crippen LogP contribution is 2.46. The summed E-state index contributed by atoms with van der Waals surface area (Å²) in [5.74, 6) is -1.18. The predicted molar refractivity (Wildman–Crippen MR) is 72.5 cm³/mol. The van der Waals surface area contributed by atoms with E-state index in [-0.39, 0.29) is 17.6 Å². The molecule has 0 aliphatic carbocycles. The summed E-state index contributed by atoms with van der Waals surface area (Å²) in [6.45, 7) is 0. The third-order valence-corrected chi connectivity index (χ3v) is 4.33. The molecule has 0 aromatic heterocycles. The zero-order valence-corrected chi connectivity index (χ0v) is 12.5. The maximum atomic E-state index is 12.2. The van der Waals surface area contributed by atoms with E-state index in [1.165, 1.54) is 12.1 Å². The number of fused-ring (bicyclic) bond motifs is 1. The number of phenolic OH excluding ortho intramolecular Hbond substituents is 1. The number of benzene rings is 1. The lowest BCUT2D eigenvalue weighted by atomic mass is 9.90. The second kappa shape index (κ2) is 4.54. The minimum atomic E-state index is -0.805. The Bertz CT molecular complexity index is 606. The zero-order valence-electron chi connectivity index (χ0n) is 10.9. The number of rotatable bonds is 1. The van der Waals surface area contributed by atoms with E-state index < -0.39 is 18.1 Å². The number of phenols is 1. The highest BCUT2D eigenvalue weighted by Gasteiger charge is 2.58. The van der Waals surface area contributed by atoms with Gasteiger partial charge in [0.2, 0.25) is 5.91 Å². The van der Waals surface area contributed by atoms with Gasteiger partial charge in [-0.3, -0.25) is 19.3 Å². The van der Waals surface area contributed by atoms with E-state index in [1.807, 2.05) is 0 Å². The van der Waals surface area contributed by atoms with Gasteiger partial charge in [0.1, 0.15) is 5.75 Å². The van der Waals surface area contributed by atoms with Crippen molar-refractivity contribution in [3.8, 4) is 5.75 Å². The molecule has 0 bridgehead atoms. The van der Waals surface area contributed by atoms with E-state index in [1.54, 1.807) is 25.2 Å². The summed E-state index contributed by atoms with van der Waals surface area (Å²) in [7, 11) is 3.11. The highest BCUT2D eigenvalue weighted by molar-refractivity contribution is 9.10. The van der Waals surface area contributed by atoms with E-state index in [0.29, 0.717) is 5.56 Å². The van der Waals surface area contributed by atoms with Crippen LogP contribution in [0.4, 0.5) is 0 Å². The fraction of sp³-hybridized carbons (Fsp3) is 0.385. The number of hydrogen-bond acceptors (Lipinski definition) is 5. The van der Waals surface area contributed by atoms with Gasteiger partial charge in [0, 0.05) is 24.1 Å². The molecule has 6 nitrogen and oxygen atoms in total. The SMILES string of the molecule is CN1C(=O)[C@H]2[C@@H](c3cc(Br)ccc3O)N(C)O[C@H]2C1=O. The molecule has 2 aliphatic heterocycles. The van der Waals surface area contributed by atoms with Crippen molar-refractivity contribution in [2.24, 2.45) is 5.92 Å². The molecule has 2 fully saturated rings. The largest absolute Gasteiger partial charge is 0.508 e. The predicted octanol–water partition coefficient (Wildman–Crippen LogP) is 1.06. The molecule has 2 aliphatic rings. The Morgan fingerprint density at radius 1 is 1.25 bits per heavy atom. The molecule has 0 radical (unpaired) electrons. The van der Waals surface area contributed by atoms with Crippen LogP contribution >= 0.6 is 15.9 Å². The lowest BCUT2D eigenvalue weighted by Gasteiger charge is -2.23. The van der Waals surface area contributed by atoms with Crippen molar-refractivity contribution < 1.29 is 19.5 Å². The lowest BCUT2D eigenvalue weighted by Crippen LogP contribution is -2.33. The first-order chi connectivity index (χ1) is 9.41. The molecular formula is C13H13BrN2O4. The molecule has 1 aromatic carbocycles. The van der Waals surface area contributed by atoms with Crippen molar-refractivity contribution in [1.82, 2.24) is 9.96 Å². The number of nitrogens with zero attached hydrogens (tertiary/aromatic N) is 2. The molecular weight excluding hydrogens is 328 g/mol. The Morgan fingerprint density at radius 2 is 1.95 bits per heavy atom. The average Bonchev–Trinajstić information content (AvgIpc) is 2.84. The van der Waals surface area contributed by atoms with Gasteiger partial charge < -0.3 is 5.11 Å². The highest BCUT2D eigenvalue weighted by atomic mass is 79.9. The Balaban J connectivity index is 2.07. The summed E-state index contributed by atoms with van der Waals surface area (Å²) in [5.41, 5.74) is 0.561.